The number of hydrogen-bond donors (Lipinski definition) is 0. The van der Waals surface area contributed by atoms with E-state index in [9.17, 15) is 8.96 Å². The summed E-state index contributed by atoms with van der Waals surface area (Å²) in [6.45, 7) is 1.87. The van der Waals surface area contributed by atoms with Crippen molar-refractivity contribution in [2.24, 2.45) is 0 Å². The molecule has 0 heterocycles. The van der Waals surface area contributed by atoms with Gasteiger partial charge in [-0.05, 0) is 24.6 Å². The second-order valence-corrected chi connectivity index (χ2v) is 7.94. The zero-order valence-electron chi connectivity index (χ0n) is 12.2. The van der Waals surface area contributed by atoms with Crippen molar-refractivity contribution in [2.45, 2.75) is 6.92 Å². The fraction of sp³-hybridized carbons (Fsp3) is 0.0526. The normalized spacial score (nSPS) is 11.4. The molecule has 0 saturated carbocycles. The lowest BCUT2D eigenvalue weighted by Gasteiger charge is -2.21. The first-order chi connectivity index (χ1) is 10.6. The van der Waals surface area contributed by atoms with Gasteiger partial charge in [-0.3, -0.25) is 0 Å². The highest BCUT2D eigenvalue weighted by Gasteiger charge is 2.31. The number of benzene rings is 3. The first kappa shape index (κ1) is 14.7. The fourth-order valence-corrected chi connectivity index (χ4v) is 5.54. The van der Waals surface area contributed by atoms with E-state index in [4.69, 9.17) is 0 Å². The van der Waals surface area contributed by atoms with Gasteiger partial charge in [-0.1, -0.05) is 66.7 Å². The fourth-order valence-electron chi connectivity index (χ4n) is 2.62. The molecule has 0 spiro atoms. The van der Waals surface area contributed by atoms with E-state index in [1.165, 1.54) is 12.1 Å². The number of halogens is 1. The standard InChI is InChI=1S/C19H16FOP/c1-15-12-13-16(20)14-19(15)22(21,17-8-4-2-5-9-17)18-10-6-3-7-11-18/h2-14H,1H3. The quantitative estimate of drug-likeness (QED) is 0.673. The summed E-state index contributed by atoms with van der Waals surface area (Å²) in [4.78, 5) is 0. The van der Waals surface area contributed by atoms with Crippen LogP contribution >= 0.6 is 7.14 Å². The largest absolute Gasteiger partial charge is 0.309 e. The molecule has 0 atom stereocenters. The maximum atomic E-state index is 14.0. The Morgan fingerprint density at radius 3 is 1.77 bits per heavy atom. The van der Waals surface area contributed by atoms with Gasteiger partial charge in [0, 0.05) is 15.9 Å². The summed E-state index contributed by atoms with van der Waals surface area (Å²) < 4.78 is 27.8. The predicted octanol–water partition coefficient (Wildman–Crippen LogP) is 3.77. The molecule has 1 nitrogen and oxygen atoms in total. The third-order valence-corrected chi connectivity index (χ3v) is 6.96. The Morgan fingerprint density at radius 2 is 1.27 bits per heavy atom. The van der Waals surface area contributed by atoms with Gasteiger partial charge in [0.2, 0.25) is 0 Å². The van der Waals surface area contributed by atoms with E-state index in [2.05, 4.69) is 0 Å². The van der Waals surface area contributed by atoms with Crippen molar-refractivity contribution in [3.8, 4) is 0 Å². The molecule has 0 bridgehead atoms. The van der Waals surface area contributed by atoms with Gasteiger partial charge in [0.15, 0.2) is 7.14 Å². The lowest BCUT2D eigenvalue weighted by atomic mass is 10.2. The number of rotatable bonds is 3. The molecule has 3 aromatic carbocycles. The summed E-state index contributed by atoms with van der Waals surface area (Å²) in [5, 5.41) is 2.00. The summed E-state index contributed by atoms with van der Waals surface area (Å²) >= 11 is 0. The van der Waals surface area contributed by atoms with Crippen LogP contribution in [0.15, 0.2) is 78.9 Å². The van der Waals surface area contributed by atoms with Crippen LogP contribution in [-0.2, 0) is 4.57 Å². The Hall–Kier alpha value is -2.18. The van der Waals surface area contributed by atoms with Gasteiger partial charge in [-0.2, -0.15) is 0 Å². The highest BCUT2D eigenvalue weighted by Crippen LogP contribution is 2.43. The number of aryl methyl sites for hydroxylation is 1. The van der Waals surface area contributed by atoms with Crippen LogP contribution in [0.3, 0.4) is 0 Å². The molecule has 0 amide bonds. The van der Waals surface area contributed by atoms with E-state index in [1.54, 1.807) is 6.07 Å². The van der Waals surface area contributed by atoms with Crippen LogP contribution in [0.25, 0.3) is 0 Å². The van der Waals surface area contributed by atoms with Gasteiger partial charge in [0.05, 0.1) is 0 Å². The lowest BCUT2D eigenvalue weighted by molar-refractivity contribution is 0.591. The summed E-state index contributed by atoms with van der Waals surface area (Å²) in [6, 6.07) is 23.1. The second kappa shape index (κ2) is 5.90. The van der Waals surface area contributed by atoms with Crippen molar-refractivity contribution in [1.82, 2.24) is 0 Å². The molecule has 0 unspecified atom stereocenters. The minimum absolute atomic E-state index is 0.368. The molecule has 0 fully saturated rings. The van der Waals surface area contributed by atoms with Crippen molar-refractivity contribution >= 4 is 23.1 Å². The van der Waals surface area contributed by atoms with Crippen molar-refractivity contribution in [3.63, 3.8) is 0 Å². The molecular weight excluding hydrogens is 294 g/mol. The Balaban J connectivity index is 2.34. The van der Waals surface area contributed by atoms with E-state index in [0.717, 1.165) is 16.2 Å². The minimum Gasteiger partial charge on any atom is -0.309 e. The van der Waals surface area contributed by atoms with Crippen LogP contribution in [0.1, 0.15) is 5.56 Å². The van der Waals surface area contributed by atoms with Gasteiger partial charge < -0.3 is 4.57 Å². The average Bonchev–Trinajstić information content (AvgIpc) is 2.58. The Morgan fingerprint density at radius 1 is 0.773 bits per heavy atom. The van der Waals surface area contributed by atoms with Crippen LogP contribution in [-0.4, -0.2) is 0 Å². The molecule has 0 aliphatic heterocycles. The summed E-state index contributed by atoms with van der Waals surface area (Å²) in [7, 11) is -3.08. The molecule has 0 radical (unpaired) electrons. The Bertz CT molecular complexity index is 785. The van der Waals surface area contributed by atoms with E-state index in [-0.39, 0.29) is 5.82 Å². The molecule has 110 valence electrons. The van der Waals surface area contributed by atoms with Crippen molar-refractivity contribution in [3.05, 3.63) is 90.2 Å². The molecule has 0 aliphatic rings. The third kappa shape index (κ3) is 2.51. The molecule has 0 saturated heterocycles. The predicted molar refractivity (Wildman–Crippen MR) is 90.5 cm³/mol. The lowest BCUT2D eigenvalue weighted by Crippen LogP contribution is -2.26. The second-order valence-electron chi connectivity index (χ2n) is 5.21. The Labute approximate surface area is 129 Å². The molecule has 3 aromatic rings. The molecule has 0 aliphatic carbocycles. The van der Waals surface area contributed by atoms with Crippen LogP contribution in [0.2, 0.25) is 0 Å². The molecule has 0 N–H and O–H groups in total. The summed E-state index contributed by atoms with van der Waals surface area (Å²) in [5.41, 5.74) is 0.831. The van der Waals surface area contributed by atoms with Gasteiger partial charge >= 0.3 is 0 Å². The van der Waals surface area contributed by atoms with E-state index >= 15 is 0 Å². The minimum atomic E-state index is -3.08. The highest BCUT2D eigenvalue weighted by molar-refractivity contribution is 7.85. The van der Waals surface area contributed by atoms with Crippen LogP contribution < -0.4 is 15.9 Å². The third-order valence-electron chi connectivity index (χ3n) is 3.75. The van der Waals surface area contributed by atoms with Gasteiger partial charge in [0.1, 0.15) is 5.82 Å². The molecule has 0 aromatic heterocycles. The van der Waals surface area contributed by atoms with E-state index in [1.807, 2.05) is 67.6 Å². The topological polar surface area (TPSA) is 17.1 Å². The first-order valence-electron chi connectivity index (χ1n) is 7.10. The maximum absolute atomic E-state index is 14.0. The molecule has 22 heavy (non-hydrogen) atoms. The van der Waals surface area contributed by atoms with Crippen molar-refractivity contribution in [1.29, 1.82) is 0 Å². The monoisotopic (exact) mass is 310 g/mol. The molecule has 3 heteroatoms. The van der Waals surface area contributed by atoms with Gasteiger partial charge in [-0.25, -0.2) is 4.39 Å². The van der Waals surface area contributed by atoms with E-state index in [0.29, 0.717) is 5.30 Å². The number of hydrogen-bond acceptors (Lipinski definition) is 1. The van der Waals surface area contributed by atoms with Gasteiger partial charge in [-0.15, -0.1) is 0 Å². The van der Waals surface area contributed by atoms with Crippen molar-refractivity contribution in [2.75, 3.05) is 0 Å². The smallest absolute Gasteiger partial charge is 0.171 e. The maximum Gasteiger partial charge on any atom is 0.171 e. The van der Waals surface area contributed by atoms with Crippen LogP contribution in [0.4, 0.5) is 4.39 Å². The first-order valence-corrected chi connectivity index (χ1v) is 8.81. The Kier molecular flexibility index (Phi) is 3.96. The summed E-state index contributed by atoms with van der Waals surface area (Å²) in [5.74, 6) is -0.368. The SMILES string of the molecule is Cc1ccc(F)cc1P(=O)(c1ccccc1)c1ccccc1. The van der Waals surface area contributed by atoms with Gasteiger partial charge in [0.25, 0.3) is 0 Å². The van der Waals surface area contributed by atoms with E-state index < -0.39 is 7.14 Å². The zero-order chi connectivity index (χ0) is 15.6. The zero-order valence-corrected chi connectivity index (χ0v) is 13.1. The average molecular weight is 310 g/mol. The molecular formula is C19H16FOP. The van der Waals surface area contributed by atoms with Crippen molar-refractivity contribution < 1.29 is 8.96 Å². The summed E-state index contributed by atoms with van der Waals surface area (Å²) in [6.07, 6.45) is 0. The van der Waals surface area contributed by atoms with Crippen LogP contribution in [0.5, 0.6) is 0 Å². The molecule has 3 rings (SSSR count). The highest BCUT2D eigenvalue weighted by atomic mass is 31.2. The van der Waals surface area contributed by atoms with Crippen LogP contribution in [0, 0.1) is 12.7 Å².